The average Bonchev–Trinajstić information content (AvgIpc) is 3.01. The van der Waals surface area contributed by atoms with Crippen molar-refractivity contribution in [2.24, 2.45) is 4.99 Å². The standard InChI is InChI=1S/C17H23N3S.HI/c1-13-5-4-6-15(9-13)11-20-17(18-3)19-10-14(2)16-7-8-21-12-16;/h4-9,12,14H,10-11H2,1-3H3,(H2,18,19,20);1H. The van der Waals surface area contributed by atoms with Gasteiger partial charge in [-0.3, -0.25) is 4.99 Å². The van der Waals surface area contributed by atoms with E-state index in [4.69, 9.17) is 0 Å². The van der Waals surface area contributed by atoms with Crippen molar-refractivity contribution >= 4 is 41.3 Å². The van der Waals surface area contributed by atoms with E-state index in [1.165, 1.54) is 16.7 Å². The molecule has 1 unspecified atom stereocenters. The van der Waals surface area contributed by atoms with Gasteiger partial charge in [0, 0.05) is 20.1 Å². The van der Waals surface area contributed by atoms with Crippen LogP contribution in [0.1, 0.15) is 29.5 Å². The van der Waals surface area contributed by atoms with Crippen molar-refractivity contribution in [2.45, 2.75) is 26.3 Å². The molecule has 1 atom stereocenters. The number of nitrogens with one attached hydrogen (secondary N) is 2. The van der Waals surface area contributed by atoms with Gasteiger partial charge in [0.1, 0.15) is 0 Å². The third-order valence-electron chi connectivity index (χ3n) is 3.45. The number of benzene rings is 1. The number of aliphatic imine (C=N–C) groups is 1. The Labute approximate surface area is 154 Å². The first-order chi connectivity index (χ1) is 10.2. The zero-order chi connectivity index (χ0) is 15.1. The van der Waals surface area contributed by atoms with E-state index in [9.17, 15) is 0 Å². The lowest BCUT2D eigenvalue weighted by Gasteiger charge is -2.15. The molecule has 2 rings (SSSR count). The summed E-state index contributed by atoms with van der Waals surface area (Å²) in [5.41, 5.74) is 3.92. The Morgan fingerprint density at radius 1 is 1.27 bits per heavy atom. The molecule has 0 aliphatic rings. The number of thiophene rings is 1. The molecular weight excluding hydrogens is 405 g/mol. The zero-order valence-electron chi connectivity index (χ0n) is 13.3. The lowest BCUT2D eigenvalue weighted by atomic mass is 10.1. The summed E-state index contributed by atoms with van der Waals surface area (Å²) in [6.07, 6.45) is 0. The second-order valence-corrected chi connectivity index (χ2v) is 6.03. The minimum atomic E-state index is 0. The normalized spacial score (nSPS) is 12.4. The Bertz CT molecular complexity index is 581. The first-order valence-corrected chi connectivity index (χ1v) is 8.15. The Kier molecular flexibility index (Phi) is 8.48. The molecule has 1 heterocycles. The molecular formula is C17H24IN3S. The highest BCUT2D eigenvalue weighted by atomic mass is 127. The topological polar surface area (TPSA) is 36.4 Å². The average molecular weight is 429 g/mol. The summed E-state index contributed by atoms with van der Waals surface area (Å²) in [6, 6.07) is 10.7. The fourth-order valence-electron chi connectivity index (χ4n) is 2.15. The highest BCUT2D eigenvalue weighted by Crippen LogP contribution is 2.16. The van der Waals surface area contributed by atoms with Crippen molar-refractivity contribution in [3.8, 4) is 0 Å². The summed E-state index contributed by atoms with van der Waals surface area (Å²) in [6.45, 7) is 6.00. The molecule has 0 bridgehead atoms. The predicted octanol–water partition coefficient (Wildman–Crippen LogP) is 4.14. The number of guanidine groups is 1. The molecule has 22 heavy (non-hydrogen) atoms. The van der Waals surface area contributed by atoms with Gasteiger partial charge in [0.25, 0.3) is 0 Å². The van der Waals surface area contributed by atoms with Gasteiger partial charge in [-0.25, -0.2) is 0 Å². The van der Waals surface area contributed by atoms with Crippen molar-refractivity contribution in [3.05, 3.63) is 57.8 Å². The van der Waals surface area contributed by atoms with Gasteiger partial charge in [-0.2, -0.15) is 11.3 Å². The second-order valence-electron chi connectivity index (χ2n) is 5.25. The number of rotatable bonds is 5. The van der Waals surface area contributed by atoms with E-state index < -0.39 is 0 Å². The first-order valence-electron chi connectivity index (χ1n) is 7.21. The summed E-state index contributed by atoms with van der Waals surface area (Å²) < 4.78 is 0. The molecule has 0 radical (unpaired) electrons. The molecule has 120 valence electrons. The van der Waals surface area contributed by atoms with Crippen molar-refractivity contribution in [1.29, 1.82) is 0 Å². The molecule has 0 amide bonds. The summed E-state index contributed by atoms with van der Waals surface area (Å²) >= 11 is 1.74. The molecule has 0 spiro atoms. The minimum Gasteiger partial charge on any atom is -0.356 e. The van der Waals surface area contributed by atoms with Gasteiger partial charge in [0.15, 0.2) is 5.96 Å². The van der Waals surface area contributed by atoms with Gasteiger partial charge >= 0.3 is 0 Å². The van der Waals surface area contributed by atoms with E-state index in [2.05, 4.69) is 70.6 Å². The molecule has 1 aromatic carbocycles. The number of hydrogen-bond acceptors (Lipinski definition) is 2. The number of nitrogens with zero attached hydrogens (tertiary/aromatic N) is 1. The van der Waals surface area contributed by atoms with Crippen LogP contribution in [0, 0.1) is 6.92 Å². The van der Waals surface area contributed by atoms with Gasteiger partial charge in [-0.15, -0.1) is 24.0 Å². The molecule has 2 aromatic rings. The lowest BCUT2D eigenvalue weighted by molar-refractivity contribution is 0.701. The van der Waals surface area contributed by atoms with Gasteiger partial charge in [0.2, 0.25) is 0 Å². The van der Waals surface area contributed by atoms with E-state index in [1.54, 1.807) is 18.4 Å². The first kappa shape index (κ1) is 19.0. The maximum Gasteiger partial charge on any atom is 0.191 e. The van der Waals surface area contributed by atoms with Crippen molar-refractivity contribution in [2.75, 3.05) is 13.6 Å². The Hall–Kier alpha value is -1.08. The van der Waals surface area contributed by atoms with Crippen molar-refractivity contribution < 1.29 is 0 Å². The van der Waals surface area contributed by atoms with Crippen LogP contribution in [0.25, 0.3) is 0 Å². The quantitative estimate of drug-likeness (QED) is 0.426. The Morgan fingerprint density at radius 2 is 2.09 bits per heavy atom. The molecule has 1 aromatic heterocycles. The molecule has 5 heteroatoms. The van der Waals surface area contributed by atoms with Crippen LogP contribution in [0.4, 0.5) is 0 Å². The molecule has 0 fully saturated rings. The summed E-state index contributed by atoms with van der Waals surface area (Å²) in [7, 11) is 1.81. The lowest BCUT2D eigenvalue weighted by Crippen LogP contribution is -2.38. The highest BCUT2D eigenvalue weighted by molar-refractivity contribution is 14.0. The van der Waals surface area contributed by atoms with Gasteiger partial charge in [0.05, 0.1) is 0 Å². The minimum absolute atomic E-state index is 0. The van der Waals surface area contributed by atoms with E-state index in [1.807, 2.05) is 0 Å². The van der Waals surface area contributed by atoms with Gasteiger partial charge < -0.3 is 10.6 Å². The van der Waals surface area contributed by atoms with E-state index in [0.717, 1.165) is 19.0 Å². The van der Waals surface area contributed by atoms with Crippen LogP contribution in [-0.2, 0) is 6.54 Å². The van der Waals surface area contributed by atoms with E-state index in [-0.39, 0.29) is 24.0 Å². The Morgan fingerprint density at radius 3 is 2.73 bits per heavy atom. The Balaban J connectivity index is 0.00000242. The molecule has 3 nitrogen and oxygen atoms in total. The molecule has 2 N–H and O–H groups in total. The third kappa shape index (κ3) is 5.96. The van der Waals surface area contributed by atoms with Gasteiger partial charge in [-0.05, 0) is 40.8 Å². The number of aryl methyl sites for hydroxylation is 1. The van der Waals surface area contributed by atoms with E-state index in [0.29, 0.717) is 5.92 Å². The fourth-order valence-corrected chi connectivity index (χ4v) is 2.93. The molecule has 0 saturated heterocycles. The maximum atomic E-state index is 4.28. The maximum absolute atomic E-state index is 4.28. The molecule has 0 aliphatic heterocycles. The summed E-state index contributed by atoms with van der Waals surface area (Å²) in [5, 5.41) is 11.1. The zero-order valence-corrected chi connectivity index (χ0v) is 16.4. The van der Waals surface area contributed by atoms with Crippen LogP contribution in [0.3, 0.4) is 0 Å². The number of halogens is 1. The monoisotopic (exact) mass is 429 g/mol. The van der Waals surface area contributed by atoms with Crippen LogP contribution >= 0.6 is 35.3 Å². The predicted molar refractivity (Wildman–Crippen MR) is 108 cm³/mol. The smallest absolute Gasteiger partial charge is 0.191 e. The van der Waals surface area contributed by atoms with Crippen LogP contribution in [0.15, 0.2) is 46.1 Å². The van der Waals surface area contributed by atoms with Crippen molar-refractivity contribution in [1.82, 2.24) is 10.6 Å². The van der Waals surface area contributed by atoms with Crippen LogP contribution < -0.4 is 10.6 Å². The van der Waals surface area contributed by atoms with Crippen LogP contribution in [0.2, 0.25) is 0 Å². The van der Waals surface area contributed by atoms with Crippen LogP contribution in [-0.4, -0.2) is 19.6 Å². The number of hydrogen-bond donors (Lipinski definition) is 2. The SMILES string of the molecule is CN=C(NCc1cccc(C)c1)NCC(C)c1ccsc1.I. The molecule has 0 aliphatic carbocycles. The fraction of sp³-hybridized carbons (Fsp3) is 0.353. The third-order valence-corrected chi connectivity index (χ3v) is 4.16. The summed E-state index contributed by atoms with van der Waals surface area (Å²) in [4.78, 5) is 4.28. The van der Waals surface area contributed by atoms with Crippen LogP contribution in [0.5, 0.6) is 0 Å². The highest BCUT2D eigenvalue weighted by Gasteiger charge is 2.06. The van der Waals surface area contributed by atoms with Crippen molar-refractivity contribution in [3.63, 3.8) is 0 Å². The second kappa shape index (κ2) is 9.84. The van der Waals surface area contributed by atoms with Gasteiger partial charge in [-0.1, -0.05) is 36.8 Å². The summed E-state index contributed by atoms with van der Waals surface area (Å²) in [5.74, 6) is 1.33. The van der Waals surface area contributed by atoms with E-state index >= 15 is 0 Å². The largest absolute Gasteiger partial charge is 0.356 e. The molecule has 0 saturated carbocycles.